The number of nitrogens with zero attached hydrogens (tertiary/aromatic N) is 8. The molecule has 0 aliphatic carbocycles. The maximum atomic E-state index is 14.7. The minimum Gasteiger partial charge on any atom is -0.382 e. The van der Waals surface area contributed by atoms with E-state index in [1.807, 2.05) is 32.0 Å². The molecule has 0 radical (unpaired) electrons. The van der Waals surface area contributed by atoms with Crippen molar-refractivity contribution in [3.8, 4) is 5.69 Å². The lowest BCUT2D eigenvalue weighted by Crippen LogP contribution is -2.52. The van der Waals surface area contributed by atoms with Gasteiger partial charge in [0.05, 0.1) is 12.2 Å². The number of rotatable bonds is 10. The van der Waals surface area contributed by atoms with Crippen LogP contribution in [0.2, 0.25) is 0 Å². The van der Waals surface area contributed by atoms with Gasteiger partial charge in [-0.1, -0.05) is 24.3 Å². The third-order valence-electron chi connectivity index (χ3n) is 7.53. The Morgan fingerprint density at radius 2 is 1.65 bits per heavy atom. The smallest absolute Gasteiger partial charge is 0.350 e. The van der Waals surface area contributed by atoms with Gasteiger partial charge >= 0.3 is 5.69 Å². The second-order valence-electron chi connectivity index (χ2n) is 10.5. The lowest BCUT2D eigenvalue weighted by Gasteiger charge is -2.39. The molecule has 1 saturated heterocycles. The molecular formula is C28H34F2N8O2. The summed E-state index contributed by atoms with van der Waals surface area (Å²) in [7, 11) is 0. The fraction of sp³-hybridized carbons (Fsp3) is 0.429. The summed E-state index contributed by atoms with van der Waals surface area (Å²) in [5, 5.41) is 20.0. The fourth-order valence-electron chi connectivity index (χ4n) is 5.48. The van der Waals surface area contributed by atoms with Gasteiger partial charge in [0.2, 0.25) is 0 Å². The van der Waals surface area contributed by atoms with E-state index in [1.165, 1.54) is 28.1 Å². The molecular weight excluding hydrogens is 518 g/mol. The predicted octanol–water partition coefficient (Wildman–Crippen LogP) is 2.12. The Labute approximate surface area is 231 Å². The largest absolute Gasteiger partial charge is 0.382 e. The van der Waals surface area contributed by atoms with Crippen molar-refractivity contribution >= 4 is 0 Å². The van der Waals surface area contributed by atoms with Crippen LogP contribution in [0.5, 0.6) is 0 Å². The number of aromatic nitrogens is 6. The van der Waals surface area contributed by atoms with E-state index < -0.39 is 17.2 Å². The lowest BCUT2D eigenvalue weighted by molar-refractivity contribution is -0.0319. The molecule has 0 saturated carbocycles. The Balaban J connectivity index is 1.17. The molecule has 4 aromatic rings. The van der Waals surface area contributed by atoms with Crippen molar-refractivity contribution in [3.05, 3.63) is 94.2 Å². The van der Waals surface area contributed by atoms with Crippen LogP contribution in [0.1, 0.15) is 23.1 Å². The highest BCUT2D eigenvalue weighted by Gasteiger charge is 2.36. The van der Waals surface area contributed by atoms with Crippen LogP contribution in [-0.2, 0) is 18.7 Å². The zero-order valence-electron chi connectivity index (χ0n) is 22.7. The van der Waals surface area contributed by atoms with Crippen molar-refractivity contribution in [2.75, 3.05) is 39.3 Å². The Bertz CT molecular complexity index is 1470. The van der Waals surface area contributed by atoms with Crippen molar-refractivity contribution in [1.82, 2.24) is 38.9 Å². The maximum absolute atomic E-state index is 14.7. The van der Waals surface area contributed by atoms with E-state index in [0.717, 1.165) is 55.0 Å². The molecule has 0 amide bonds. The molecule has 1 fully saturated rings. The lowest BCUT2D eigenvalue weighted by atomic mass is 9.92. The molecule has 12 heteroatoms. The number of halogens is 2. The van der Waals surface area contributed by atoms with Crippen LogP contribution in [0.4, 0.5) is 8.78 Å². The molecule has 212 valence electrons. The van der Waals surface area contributed by atoms with Gasteiger partial charge in [-0.2, -0.15) is 10.2 Å². The summed E-state index contributed by atoms with van der Waals surface area (Å²) in [5.74, 6) is -1.49. The van der Waals surface area contributed by atoms with Gasteiger partial charge in [0.25, 0.3) is 0 Å². The Morgan fingerprint density at radius 1 is 0.925 bits per heavy atom. The Morgan fingerprint density at radius 3 is 2.33 bits per heavy atom. The molecule has 1 N–H and O–H groups in total. The van der Waals surface area contributed by atoms with Crippen LogP contribution in [0.3, 0.4) is 0 Å². The van der Waals surface area contributed by atoms with Crippen molar-refractivity contribution in [2.45, 2.75) is 39.0 Å². The minimum atomic E-state index is -1.62. The van der Waals surface area contributed by atoms with E-state index >= 15 is 0 Å². The molecule has 5 rings (SSSR count). The Hall–Kier alpha value is -3.74. The van der Waals surface area contributed by atoms with E-state index in [-0.39, 0.29) is 24.3 Å². The molecule has 1 atom stereocenters. The molecule has 10 nitrogen and oxygen atoms in total. The number of hydrogen-bond acceptors (Lipinski definition) is 7. The first-order chi connectivity index (χ1) is 19.2. The molecule has 3 heterocycles. The van der Waals surface area contributed by atoms with E-state index in [1.54, 1.807) is 10.9 Å². The molecule has 0 bridgehead atoms. The van der Waals surface area contributed by atoms with Crippen LogP contribution in [0.15, 0.2) is 60.2 Å². The van der Waals surface area contributed by atoms with Crippen LogP contribution in [-0.4, -0.2) is 83.3 Å². The average Bonchev–Trinajstić information content (AvgIpc) is 3.55. The van der Waals surface area contributed by atoms with E-state index in [4.69, 9.17) is 0 Å². The van der Waals surface area contributed by atoms with Gasteiger partial charge in [-0.25, -0.2) is 32.5 Å². The summed E-state index contributed by atoms with van der Waals surface area (Å²) in [6, 6.07) is 9.17. The topological polar surface area (TPSA) is 97.2 Å². The summed E-state index contributed by atoms with van der Waals surface area (Å²) >= 11 is 0. The van der Waals surface area contributed by atoms with Gasteiger partial charge < -0.3 is 10.0 Å². The van der Waals surface area contributed by atoms with Gasteiger partial charge in [0.15, 0.2) is 0 Å². The monoisotopic (exact) mass is 552 g/mol. The van der Waals surface area contributed by atoms with E-state index in [9.17, 15) is 18.7 Å². The third-order valence-corrected chi connectivity index (χ3v) is 7.53. The SMILES string of the molecule is Cc1cccc(C)c1-n1cnn(CCCN2CCN(CC(O)(Cn3cncn3)c3ccc(F)cc3F)CC2)c1=O. The molecule has 0 spiro atoms. The number of benzene rings is 2. The average molecular weight is 553 g/mol. The summed E-state index contributed by atoms with van der Waals surface area (Å²) in [4.78, 5) is 21.3. The second-order valence-corrected chi connectivity index (χ2v) is 10.5. The molecule has 1 aliphatic heterocycles. The fourth-order valence-corrected chi connectivity index (χ4v) is 5.48. The highest BCUT2D eigenvalue weighted by molar-refractivity contribution is 5.46. The van der Waals surface area contributed by atoms with Crippen molar-refractivity contribution in [3.63, 3.8) is 0 Å². The number of hydrogen-bond donors (Lipinski definition) is 1. The maximum Gasteiger partial charge on any atom is 0.350 e. The number of piperazine rings is 1. The number of aryl methyl sites for hydroxylation is 3. The van der Waals surface area contributed by atoms with Crippen LogP contribution < -0.4 is 5.69 Å². The molecule has 2 aromatic heterocycles. The normalized spacial score (nSPS) is 16.3. The first-order valence-electron chi connectivity index (χ1n) is 13.4. The standard InChI is InChI=1S/C28H34F2N8O2/c1-21-5-3-6-22(2)26(21)37-20-33-38(27(37)39)10-4-9-34-11-13-35(14-12-34)16-28(40,17-36-19-31-18-32-36)24-8-7-23(29)15-25(24)30/h3,5-8,15,18-20,40H,4,9-14,16-17H2,1-2H3. The van der Waals surface area contributed by atoms with Crippen LogP contribution >= 0.6 is 0 Å². The second kappa shape index (κ2) is 11.8. The first kappa shape index (κ1) is 27.8. The molecule has 1 aliphatic rings. The molecule has 40 heavy (non-hydrogen) atoms. The highest BCUT2D eigenvalue weighted by atomic mass is 19.1. The zero-order valence-corrected chi connectivity index (χ0v) is 22.7. The molecule has 2 aromatic carbocycles. The van der Waals surface area contributed by atoms with Gasteiger partial charge in [0, 0.05) is 57.4 Å². The quantitative estimate of drug-likeness (QED) is 0.322. The van der Waals surface area contributed by atoms with Gasteiger partial charge in [-0.05, 0) is 37.5 Å². The zero-order chi connectivity index (χ0) is 28.3. The highest BCUT2D eigenvalue weighted by Crippen LogP contribution is 2.28. The summed E-state index contributed by atoms with van der Waals surface area (Å²) in [6.45, 7) is 8.29. The number of β-amino-alcohol motifs (C(OH)–C–C–N with tert-alkyl or cyclic N) is 1. The van der Waals surface area contributed by atoms with Gasteiger partial charge in [0.1, 0.15) is 36.2 Å². The summed E-state index contributed by atoms with van der Waals surface area (Å²) < 4.78 is 32.9. The minimum absolute atomic E-state index is 0.0147. The number of aliphatic hydroxyl groups is 1. The third kappa shape index (κ3) is 6.03. The van der Waals surface area contributed by atoms with Crippen molar-refractivity contribution in [1.29, 1.82) is 0 Å². The van der Waals surface area contributed by atoms with Crippen molar-refractivity contribution < 1.29 is 13.9 Å². The van der Waals surface area contributed by atoms with E-state index in [0.29, 0.717) is 19.6 Å². The summed E-state index contributed by atoms with van der Waals surface area (Å²) in [6.07, 6.45) is 5.16. The van der Waals surface area contributed by atoms with Gasteiger partial charge in [-0.15, -0.1) is 0 Å². The van der Waals surface area contributed by atoms with Crippen LogP contribution in [0.25, 0.3) is 5.69 Å². The van der Waals surface area contributed by atoms with E-state index in [2.05, 4.69) is 25.0 Å². The molecule has 1 unspecified atom stereocenters. The van der Waals surface area contributed by atoms with Crippen molar-refractivity contribution in [2.24, 2.45) is 0 Å². The number of para-hydroxylation sites is 1. The summed E-state index contributed by atoms with van der Waals surface area (Å²) in [5.41, 5.74) is 1.17. The predicted molar refractivity (Wildman–Crippen MR) is 145 cm³/mol. The van der Waals surface area contributed by atoms with Gasteiger partial charge in [-0.3, -0.25) is 4.90 Å². The van der Waals surface area contributed by atoms with Crippen LogP contribution in [0, 0.1) is 25.5 Å². The first-order valence-corrected chi connectivity index (χ1v) is 13.4. The Kier molecular flexibility index (Phi) is 8.19.